The highest BCUT2D eigenvalue weighted by Gasteiger charge is 2.79. The number of hydrogen-bond acceptors (Lipinski definition) is 7. The van der Waals surface area contributed by atoms with Crippen LogP contribution in [-0.4, -0.2) is 77.7 Å². The van der Waals surface area contributed by atoms with Crippen LogP contribution < -0.4 is 10.6 Å². The van der Waals surface area contributed by atoms with E-state index in [0.717, 1.165) is 11.1 Å². The van der Waals surface area contributed by atoms with Crippen molar-refractivity contribution in [1.82, 2.24) is 10.6 Å². The lowest BCUT2D eigenvalue weighted by atomic mass is 9.49. The standard InChI is InChI=1S/C38H51F5N2O7/c1-5-50-29(46)13-17-44-31(47)45-19-23-6-8-24(9-7-23)26-18-33(4)27(12-16-36(33,49)37(39,40)38(41,42)43)25-10-14-34(48)20-35(15-11-28(34)30(25)26)51-21-32(2,3)22-52-35/h6-9,25-27,48-49H,5,10-22H2,1-4H3,(H2,44,45,47)/t25?,26-,27?,33+,34?,36+/m1/s1. The van der Waals surface area contributed by atoms with Gasteiger partial charge in [0.15, 0.2) is 5.79 Å². The molecule has 14 heteroatoms. The number of alkyl halides is 5. The summed E-state index contributed by atoms with van der Waals surface area (Å²) >= 11 is 0. The molecule has 1 saturated heterocycles. The van der Waals surface area contributed by atoms with E-state index in [4.69, 9.17) is 14.2 Å². The fraction of sp³-hybridized carbons (Fsp3) is 0.737. The topological polar surface area (TPSA) is 126 Å². The van der Waals surface area contributed by atoms with Crippen LogP contribution in [0.15, 0.2) is 35.4 Å². The minimum absolute atomic E-state index is 0.00294. The number of aliphatic hydroxyl groups is 2. The Morgan fingerprint density at radius 1 is 0.962 bits per heavy atom. The molecule has 5 aliphatic rings. The summed E-state index contributed by atoms with van der Waals surface area (Å²) in [6.07, 6.45) is -5.07. The summed E-state index contributed by atoms with van der Waals surface area (Å²) in [6.45, 7) is 8.53. The number of hydrogen-bond donors (Lipinski definition) is 4. The van der Waals surface area contributed by atoms with Crippen LogP contribution in [0.25, 0.3) is 0 Å². The largest absolute Gasteiger partial charge is 0.466 e. The van der Waals surface area contributed by atoms with Gasteiger partial charge in [-0.25, -0.2) is 4.79 Å². The number of halogens is 5. The quantitative estimate of drug-likeness (QED) is 0.133. The van der Waals surface area contributed by atoms with Crippen molar-refractivity contribution in [2.75, 3.05) is 26.4 Å². The molecule has 4 N–H and O–H groups in total. The molecule has 1 heterocycles. The van der Waals surface area contributed by atoms with Gasteiger partial charge in [-0.05, 0) is 74.0 Å². The first-order valence-corrected chi connectivity index (χ1v) is 18.4. The Morgan fingerprint density at radius 3 is 2.27 bits per heavy atom. The van der Waals surface area contributed by atoms with Gasteiger partial charge in [0.2, 0.25) is 0 Å². The van der Waals surface area contributed by atoms with Gasteiger partial charge in [-0.3, -0.25) is 4.79 Å². The zero-order chi connectivity index (χ0) is 38.0. The average Bonchev–Trinajstić information content (AvgIpc) is 3.35. The van der Waals surface area contributed by atoms with E-state index in [2.05, 4.69) is 10.6 Å². The number of amides is 2. The first-order chi connectivity index (χ1) is 24.2. The molecule has 6 atom stereocenters. The Labute approximate surface area is 301 Å². The van der Waals surface area contributed by atoms with Crippen molar-refractivity contribution >= 4 is 12.0 Å². The molecule has 6 rings (SSSR count). The predicted octanol–water partition coefficient (Wildman–Crippen LogP) is 6.66. The van der Waals surface area contributed by atoms with E-state index < -0.39 is 70.7 Å². The smallest absolute Gasteiger partial charge is 0.456 e. The molecule has 4 aliphatic carbocycles. The summed E-state index contributed by atoms with van der Waals surface area (Å²) in [5, 5.41) is 29.3. The SMILES string of the molecule is CCOC(=O)CCNC(=O)NCc1ccc([C@H]2C[C@@]3(C)C(CC[C@@]3(O)C(F)(F)C(F)(F)F)C3CCC4(O)CC5(CCC4=C32)OCC(C)(C)CO5)cc1. The van der Waals surface area contributed by atoms with Crippen molar-refractivity contribution in [3.63, 3.8) is 0 Å². The van der Waals surface area contributed by atoms with Crippen molar-refractivity contribution in [2.45, 2.75) is 127 Å². The first-order valence-electron chi connectivity index (χ1n) is 18.4. The molecule has 52 heavy (non-hydrogen) atoms. The Morgan fingerprint density at radius 2 is 1.63 bits per heavy atom. The highest BCUT2D eigenvalue weighted by molar-refractivity contribution is 5.75. The second kappa shape index (κ2) is 13.5. The van der Waals surface area contributed by atoms with Crippen LogP contribution in [0.2, 0.25) is 0 Å². The van der Waals surface area contributed by atoms with Gasteiger partial charge in [-0.1, -0.05) is 50.6 Å². The molecule has 0 aromatic heterocycles. The van der Waals surface area contributed by atoms with Gasteiger partial charge in [-0.15, -0.1) is 0 Å². The van der Waals surface area contributed by atoms with Crippen molar-refractivity contribution in [1.29, 1.82) is 0 Å². The highest BCUT2D eigenvalue weighted by Crippen LogP contribution is 2.71. The lowest BCUT2D eigenvalue weighted by molar-refractivity contribution is -0.362. The van der Waals surface area contributed by atoms with Crippen molar-refractivity contribution < 1.29 is 56.0 Å². The van der Waals surface area contributed by atoms with E-state index in [-0.39, 0.29) is 57.2 Å². The molecule has 0 bridgehead atoms. The summed E-state index contributed by atoms with van der Waals surface area (Å²) in [7, 11) is 0. The summed E-state index contributed by atoms with van der Waals surface area (Å²) in [6, 6.07) is 6.57. The molecular weight excluding hydrogens is 691 g/mol. The van der Waals surface area contributed by atoms with E-state index in [1.165, 1.54) is 6.92 Å². The lowest BCUT2D eigenvalue weighted by Crippen LogP contribution is -2.65. The summed E-state index contributed by atoms with van der Waals surface area (Å²) in [4.78, 5) is 23.8. The highest BCUT2D eigenvalue weighted by atomic mass is 19.4. The van der Waals surface area contributed by atoms with Gasteiger partial charge in [0, 0.05) is 42.7 Å². The number of fused-ring (bicyclic) bond motifs is 4. The van der Waals surface area contributed by atoms with Gasteiger partial charge >= 0.3 is 24.1 Å². The number of carbonyl (C=O) groups excluding carboxylic acids is 2. The molecular formula is C38H51F5N2O7. The van der Waals surface area contributed by atoms with Crippen molar-refractivity contribution in [3.05, 3.63) is 46.5 Å². The Balaban J connectivity index is 1.31. The summed E-state index contributed by atoms with van der Waals surface area (Å²) in [5.41, 5.74) is -3.59. The maximum Gasteiger partial charge on any atom is 0.456 e. The number of esters is 1. The third kappa shape index (κ3) is 6.63. The zero-order valence-electron chi connectivity index (χ0n) is 30.3. The predicted molar refractivity (Wildman–Crippen MR) is 179 cm³/mol. The fourth-order valence-electron chi connectivity index (χ4n) is 9.93. The number of nitrogens with one attached hydrogen (secondary N) is 2. The van der Waals surface area contributed by atoms with Crippen LogP contribution in [-0.2, 0) is 25.5 Å². The van der Waals surface area contributed by atoms with Crippen molar-refractivity contribution in [3.8, 4) is 0 Å². The number of urea groups is 1. The second-order valence-corrected chi connectivity index (χ2v) is 16.6. The molecule has 1 spiro atoms. The van der Waals surface area contributed by atoms with E-state index in [0.29, 0.717) is 43.6 Å². The third-order valence-corrected chi connectivity index (χ3v) is 12.6. The molecule has 2 amide bonds. The van der Waals surface area contributed by atoms with Gasteiger partial charge in [0.1, 0.15) is 5.60 Å². The minimum atomic E-state index is -5.94. The van der Waals surface area contributed by atoms with Crippen LogP contribution in [0, 0.1) is 22.7 Å². The Hall–Kier alpha value is -2.81. The third-order valence-electron chi connectivity index (χ3n) is 12.6. The Kier molecular flexibility index (Phi) is 10.1. The lowest BCUT2D eigenvalue weighted by Gasteiger charge is -2.59. The van der Waals surface area contributed by atoms with Gasteiger partial charge in [0.05, 0.1) is 31.8 Å². The van der Waals surface area contributed by atoms with Crippen LogP contribution in [0.5, 0.6) is 0 Å². The normalized spacial score (nSPS) is 33.9. The Bertz CT molecular complexity index is 1560. The molecule has 1 aromatic carbocycles. The number of rotatable bonds is 8. The zero-order valence-corrected chi connectivity index (χ0v) is 30.3. The minimum Gasteiger partial charge on any atom is -0.466 e. The van der Waals surface area contributed by atoms with Crippen LogP contribution in [0.4, 0.5) is 26.7 Å². The summed E-state index contributed by atoms with van der Waals surface area (Å²) in [5.74, 6) is -8.46. The molecule has 1 aromatic rings. The fourth-order valence-corrected chi connectivity index (χ4v) is 9.93. The maximum atomic E-state index is 15.4. The molecule has 4 fully saturated rings. The maximum absolute atomic E-state index is 15.4. The number of ether oxygens (including phenoxy) is 3. The van der Waals surface area contributed by atoms with E-state index in [1.807, 2.05) is 13.8 Å². The number of benzene rings is 1. The molecule has 9 nitrogen and oxygen atoms in total. The molecule has 0 radical (unpaired) electrons. The van der Waals surface area contributed by atoms with E-state index in [9.17, 15) is 33.0 Å². The van der Waals surface area contributed by atoms with Crippen molar-refractivity contribution in [2.24, 2.45) is 22.7 Å². The molecule has 3 saturated carbocycles. The monoisotopic (exact) mass is 742 g/mol. The first kappa shape index (κ1) is 38.9. The second-order valence-electron chi connectivity index (χ2n) is 16.6. The number of allylic oxidation sites excluding steroid dienone is 1. The summed E-state index contributed by atoms with van der Waals surface area (Å²) < 4.78 is 90.2. The van der Waals surface area contributed by atoms with Crippen LogP contribution in [0.3, 0.4) is 0 Å². The average molecular weight is 743 g/mol. The van der Waals surface area contributed by atoms with Crippen LogP contribution >= 0.6 is 0 Å². The molecule has 290 valence electrons. The van der Waals surface area contributed by atoms with Gasteiger partial charge in [-0.2, -0.15) is 22.0 Å². The number of carbonyl (C=O) groups is 2. The van der Waals surface area contributed by atoms with E-state index >= 15 is 8.78 Å². The molecule has 1 aliphatic heterocycles. The van der Waals surface area contributed by atoms with Crippen LogP contribution in [0.1, 0.15) is 103 Å². The van der Waals surface area contributed by atoms with E-state index in [1.54, 1.807) is 31.2 Å². The van der Waals surface area contributed by atoms with Gasteiger partial charge < -0.3 is 35.1 Å². The van der Waals surface area contributed by atoms with Gasteiger partial charge in [0.25, 0.3) is 0 Å². The molecule has 3 unspecified atom stereocenters.